The highest BCUT2D eigenvalue weighted by Crippen LogP contribution is 2.29. The Labute approximate surface area is 181 Å². The maximum atomic E-state index is 12.6. The standard InChI is InChI=1S/C19H22F3N5O5/c1-18(2,3)31-17(29)27-6-7-30-10-12(27)9-24-15(28)13-5-4-11(8-23-13)14-25-16(32-26-14)19(20,21)22/h4-5,8,12H,6-7,9-10H2,1-3H3,(H,24,28)/t12-/m0/s1. The number of nitrogens with zero attached hydrogens (tertiary/aromatic N) is 4. The van der Waals surface area contributed by atoms with Crippen molar-refractivity contribution in [2.24, 2.45) is 0 Å². The first-order chi connectivity index (χ1) is 14.9. The number of hydrogen-bond donors (Lipinski definition) is 1. The predicted molar refractivity (Wildman–Crippen MR) is 102 cm³/mol. The second-order valence-corrected chi connectivity index (χ2v) is 7.97. The van der Waals surface area contributed by atoms with Gasteiger partial charge in [-0.2, -0.15) is 18.2 Å². The highest BCUT2D eigenvalue weighted by Gasteiger charge is 2.38. The maximum Gasteiger partial charge on any atom is 0.471 e. The van der Waals surface area contributed by atoms with Gasteiger partial charge in [0.2, 0.25) is 5.82 Å². The number of morpholine rings is 1. The average molecular weight is 457 g/mol. The van der Waals surface area contributed by atoms with Crippen LogP contribution in [0, 0.1) is 0 Å². The first kappa shape index (κ1) is 23.4. The molecule has 1 atom stereocenters. The molecule has 0 radical (unpaired) electrons. The van der Waals surface area contributed by atoms with Crippen LogP contribution >= 0.6 is 0 Å². The molecular weight excluding hydrogens is 435 g/mol. The maximum absolute atomic E-state index is 12.6. The molecule has 0 unspecified atom stereocenters. The van der Waals surface area contributed by atoms with E-state index in [4.69, 9.17) is 9.47 Å². The smallest absolute Gasteiger partial charge is 0.444 e. The van der Waals surface area contributed by atoms with E-state index in [-0.39, 0.29) is 30.2 Å². The van der Waals surface area contributed by atoms with Crippen LogP contribution in [-0.4, -0.2) is 70.0 Å². The minimum absolute atomic E-state index is 0.0221. The van der Waals surface area contributed by atoms with Crippen LogP contribution < -0.4 is 5.32 Å². The van der Waals surface area contributed by atoms with Crippen LogP contribution in [-0.2, 0) is 15.7 Å². The van der Waals surface area contributed by atoms with Crippen LogP contribution in [0.15, 0.2) is 22.9 Å². The summed E-state index contributed by atoms with van der Waals surface area (Å²) in [6.07, 6.45) is -4.09. The van der Waals surface area contributed by atoms with E-state index in [0.29, 0.717) is 13.2 Å². The van der Waals surface area contributed by atoms with Gasteiger partial charge < -0.3 is 19.3 Å². The number of nitrogens with one attached hydrogen (secondary N) is 1. The van der Waals surface area contributed by atoms with Crippen molar-refractivity contribution in [3.8, 4) is 11.4 Å². The number of pyridine rings is 1. The van der Waals surface area contributed by atoms with Crippen molar-refractivity contribution in [1.82, 2.24) is 25.3 Å². The number of amides is 2. The van der Waals surface area contributed by atoms with E-state index in [1.165, 1.54) is 17.0 Å². The van der Waals surface area contributed by atoms with Gasteiger partial charge in [0.1, 0.15) is 11.3 Å². The van der Waals surface area contributed by atoms with Crippen molar-refractivity contribution in [2.75, 3.05) is 26.3 Å². The van der Waals surface area contributed by atoms with E-state index >= 15 is 0 Å². The first-order valence-electron chi connectivity index (χ1n) is 9.67. The average Bonchev–Trinajstić information content (AvgIpc) is 3.22. The zero-order chi connectivity index (χ0) is 23.5. The lowest BCUT2D eigenvalue weighted by Gasteiger charge is -2.36. The molecule has 2 aromatic heterocycles. The molecule has 3 rings (SSSR count). The van der Waals surface area contributed by atoms with Gasteiger partial charge >= 0.3 is 18.2 Å². The minimum Gasteiger partial charge on any atom is -0.444 e. The molecule has 0 saturated carbocycles. The molecule has 0 spiro atoms. The molecule has 1 saturated heterocycles. The van der Waals surface area contributed by atoms with Crippen LogP contribution in [0.5, 0.6) is 0 Å². The van der Waals surface area contributed by atoms with Gasteiger partial charge in [-0.25, -0.2) is 4.79 Å². The van der Waals surface area contributed by atoms with Crippen LogP contribution in [0.25, 0.3) is 11.4 Å². The lowest BCUT2D eigenvalue weighted by molar-refractivity contribution is -0.159. The fraction of sp³-hybridized carbons (Fsp3) is 0.526. The summed E-state index contributed by atoms with van der Waals surface area (Å²) in [7, 11) is 0. The van der Waals surface area contributed by atoms with E-state index < -0.39 is 35.7 Å². The molecule has 2 aromatic rings. The summed E-state index contributed by atoms with van der Waals surface area (Å²) < 4.78 is 52.7. The van der Waals surface area contributed by atoms with Crippen LogP contribution in [0.4, 0.5) is 18.0 Å². The van der Waals surface area contributed by atoms with Crippen molar-refractivity contribution >= 4 is 12.0 Å². The molecule has 3 heterocycles. The fourth-order valence-corrected chi connectivity index (χ4v) is 2.80. The zero-order valence-corrected chi connectivity index (χ0v) is 17.6. The Hall–Kier alpha value is -3.22. The van der Waals surface area contributed by atoms with Crippen molar-refractivity contribution in [1.29, 1.82) is 0 Å². The number of alkyl halides is 3. The summed E-state index contributed by atoms with van der Waals surface area (Å²) >= 11 is 0. The number of carbonyl (C=O) groups is 2. The summed E-state index contributed by atoms with van der Waals surface area (Å²) in [4.78, 5) is 33.5. The highest BCUT2D eigenvalue weighted by atomic mass is 19.4. The van der Waals surface area contributed by atoms with Gasteiger partial charge in [0, 0.05) is 24.8 Å². The Kier molecular flexibility index (Phi) is 6.67. The Morgan fingerprint density at radius 2 is 2.03 bits per heavy atom. The number of halogens is 3. The van der Waals surface area contributed by atoms with Crippen molar-refractivity contribution in [3.63, 3.8) is 0 Å². The van der Waals surface area contributed by atoms with Crippen molar-refractivity contribution < 1.29 is 36.8 Å². The summed E-state index contributed by atoms with van der Waals surface area (Å²) in [5.41, 5.74) is -0.486. The zero-order valence-electron chi connectivity index (χ0n) is 17.6. The quantitative estimate of drug-likeness (QED) is 0.744. The van der Waals surface area contributed by atoms with E-state index in [2.05, 4.69) is 25.0 Å². The van der Waals surface area contributed by atoms with Gasteiger partial charge in [0.25, 0.3) is 5.91 Å². The molecule has 32 heavy (non-hydrogen) atoms. The molecule has 13 heteroatoms. The SMILES string of the molecule is CC(C)(C)OC(=O)N1CCOC[C@@H]1CNC(=O)c1ccc(-c2noc(C(F)(F)F)n2)cn1. The van der Waals surface area contributed by atoms with Crippen molar-refractivity contribution in [2.45, 2.75) is 38.6 Å². The van der Waals surface area contributed by atoms with Crippen LogP contribution in [0.1, 0.15) is 37.2 Å². The summed E-state index contributed by atoms with van der Waals surface area (Å²) in [5, 5.41) is 5.94. The fourth-order valence-electron chi connectivity index (χ4n) is 2.80. The van der Waals surface area contributed by atoms with Gasteiger partial charge in [-0.15, -0.1) is 0 Å². The molecular formula is C19H22F3N5O5. The number of hydrogen-bond acceptors (Lipinski definition) is 8. The summed E-state index contributed by atoms with van der Waals surface area (Å²) in [6.45, 7) is 6.29. The Morgan fingerprint density at radius 1 is 1.28 bits per heavy atom. The normalized spacial score (nSPS) is 17.2. The number of rotatable bonds is 4. The topological polar surface area (TPSA) is 120 Å². The minimum atomic E-state index is -4.76. The molecule has 0 bridgehead atoms. The molecule has 2 amide bonds. The lowest BCUT2D eigenvalue weighted by atomic mass is 10.2. The second kappa shape index (κ2) is 9.10. The molecule has 1 aliphatic heterocycles. The summed E-state index contributed by atoms with van der Waals surface area (Å²) in [5.74, 6) is -2.31. The molecule has 0 aromatic carbocycles. The van der Waals surface area contributed by atoms with E-state index in [9.17, 15) is 22.8 Å². The molecule has 1 aliphatic rings. The number of carbonyl (C=O) groups excluding carboxylic acids is 2. The largest absolute Gasteiger partial charge is 0.471 e. The van der Waals surface area contributed by atoms with E-state index in [1.807, 2.05) is 0 Å². The Bertz CT molecular complexity index is 955. The van der Waals surface area contributed by atoms with Gasteiger partial charge in [0.15, 0.2) is 0 Å². The van der Waals surface area contributed by atoms with Crippen molar-refractivity contribution in [3.05, 3.63) is 29.9 Å². The molecule has 1 N–H and O–H groups in total. The second-order valence-electron chi connectivity index (χ2n) is 7.97. The van der Waals surface area contributed by atoms with Gasteiger partial charge in [-0.3, -0.25) is 14.7 Å². The van der Waals surface area contributed by atoms with Gasteiger partial charge in [-0.05, 0) is 32.9 Å². The highest BCUT2D eigenvalue weighted by molar-refractivity contribution is 5.92. The van der Waals surface area contributed by atoms with E-state index in [0.717, 1.165) is 6.20 Å². The monoisotopic (exact) mass is 457 g/mol. The van der Waals surface area contributed by atoms with Crippen LogP contribution in [0.3, 0.4) is 0 Å². The predicted octanol–water partition coefficient (Wildman–Crippen LogP) is 2.52. The molecule has 10 nitrogen and oxygen atoms in total. The Morgan fingerprint density at radius 3 is 2.62 bits per heavy atom. The number of aromatic nitrogens is 3. The Balaban J connectivity index is 1.60. The van der Waals surface area contributed by atoms with Gasteiger partial charge in [0.05, 0.1) is 19.3 Å². The third-order valence-electron chi connectivity index (χ3n) is 4.28. The van der Waals surface area contributed by atoms with Crippen LogP contribution in [0.2, 0.25) is 0 Å². The summed E-state index contributed by atoms with van der Waals surface area (Å²) in [6, 6.07) is 2.24. The first-order valence-corrected chi connectivity index (χ1v) is 9.67. The number of ether oxygens (including phenoxy) is 2. The van der Waals surface area contributed by atoms with E-state index in [1.54, 1.807) is 20.8 Å². The third-order valence-corrected chi connectivity index (χ3v) is 4.28. The molecule has 1 fully saturated rings. The molecule has 174 valence electrons. The molecule has 0 aliphatic carbocycles. The lowest BCUT2D eigenvalue weighted by Crippen LogP contribution is -2.54. The van der Waals surface area contributed by atoms with Gasteiger partial charge in [-0.1, -0.05) is 5.16 Å². The third kappa shape index (κ3) is 5.93.